The Balaban J connectivity index is 2.66. The summed E-state index contributed by atoms with van der Waals surface area (Å²) in [6, 6.07) is 5.93. The zero-order valence-corrected chi connectivity index (χ0v) is 8.42. The maximum absolute atomic E-state index is 7.31. The Morgan fingerprint density at radius 2 is 1.77 bits per heavy atom. The van der Waals surface area contributed by atoms with Crippen LogP contribution in [0.3, 0.4) is 0 Å². The fraction of sp³-hybridized carbons (Fsp3) is 0.455. The van der Waals surface area contributed by atoms with E-state index in [0.717, 1.165) is 5.75 Å². The topological polar surface area (TPSA) is 33.0 Å². The predicted molar refractivity (Wildman–Crippen MR) is 54.0 cm³/mol. The second-order valence-electron chi connectivity index (χ2n) is 3.54. The van der Waals surface area contributed by atoms with Crippen LogP contribution in [0.4, 0.5) is 0 Å². The standard InChI is InChI=1S/C11H16NO/c1-8-4-9(2)6-11(5-8)13-7-10(3)12/h4-6,10,12H,7H2,1-3H3/t10-/m0/s1. The van der Waals surface area contributed by atoms with Gasteiger partial charge in [0.05, 0.1) is 6.04 Å². The molecule has 1 rings (SSSR count). The molecule has 71 valence electrons. The predicted octanol–water partition coefficient (Wildman–Crippen LogP) is 2.35. The van der Waals surface area contributed by atoms with E-state index in [-0.39, 0.29) is 6.04 Å². The van der Waals surface area contributed by atoms with Gasteiger partial charge in [-0.25, -0.2) is 0 Å². The van der Waals surface area contributed by atoms with Crippen LogP contribution in [-0.4, -0.2) is 12.6 Å². The first-order valence-electron chi connectivity index (χ1n) is 4.50. The lowest BCUT2D eigenvalue weighted by molar-refractivity contribution is 0.293. The Hall–Kier alpha value is -1.02. The maximum atomic E-state index is 7.31. The SMILES string of the molecule is Cc1cc(C)cc(OC[C@H](C)[NH])c1. The van der Waals surface area contributed by atoms with Gasteiger partial charge >= 0.3 is 0 Å². The molecule has 1 atom stereocenters. The van der Waals surface area contributed by atoms with E-state index in [9.17, 15) is 0 Å². The quantitative estimate of drug-likeness (QED) is 0.699. The third-order valence-corrected chi connectivity index (χ3v) is 1.70. The van der Waals surface area contributed by atoms with E-state index in [1.54, 1.807) is 0 Å². The van der Waals surface area contributed by atoms with Crippen molar-refractivity contribution in [3.63, 3.8) is 0 Å². The van der Waals surface area contributed by atoms with E-state index < -0.39 is 0 Å². The molecule has 0 heterocycles. The van der Waals surface area contributed by atoms with Crippen molar-refractivity contribution in [2.75, 3.05) is 6.61 Å². The third kappa shape index (κ3) is 3.47. The second kappa shape index (κ2) is 4.28. The molecule has 1 N–H and O–H groups in total. The fourth-order valence-electron chi connectivity index (χ4n) is 1.24. The van der Waals surface area contributed by atoms with Gasteiger partial charge in [0.25, 0.3) is 0 Å². The van der Waals surface area contributed by atoms with Crippen LogP contribution in [0.15, 0.2) is 18.2 Å². The minimum atomic E-state index is -0.166. The largest absolute Gasteiger partial charge is 0.492 e. The summed E-state index contributed by atoms with van der Waals surface area (Å²) in [5.74, 6) is 0.872. The molecular formula is C11H16NO. The number of hydrogen-bond acceptors (Lipinski definition) is 1. The van der Waals surface area contributed by atoms with Crippen LogP contribution < -0.4 is 10.5 Å². The summed E-state index contributed by atoms with van der Waals surface area (Å²) in [7, 11) is 0. The highest BCUT2D eigenvalue weighted by atomic mass is 16.5. The summed E-state index contributed by atoms with van der Waals surface area (Å²) < 4.78 is 5.44. The van der Waals surface area contributed by atoms with Gasteiger partial charge in [0.1, 0.15) is 12.4 Å². The zero-order valence-electron chi connectivity index (χ0n) is 8.42. The average Bonchev–Trinajstić information content (AvgIpc) is 1.99. The molecule has 13 heavy (non-hydrogen) atoms. The van der Waals surface area contributed by atoms with Gasteiger partial charge in [-0.2, -0.15) is 0 Å². The zero-order chi connectivity index (χ0) is 9.84. The molecule has 0 spiro atoms. The van der Waals surface area contributed by atoms with Crippen LogP contribution in [0.5, 0.6) is 5.75 Å². The van der Waals surface area contributed by atoms with Gasteiger partial charge < -0.3 is 4.74 Å². The van der Waals surface area contributed by atoms with Crippen molar-refractivity contribution in [1.29, 1.82) is 0 Å². The lowest BCUT2D eigenvalue weighted by atomic mass is 10.1. The summed E-state index contributed by atoms with van der Waals surface area (Å²) in [5.41, 5.74) is 9.71. The molecule has 0 unspecified atom stereocenters. The van der Waals surface area contributed by atoms with Crippen molar-refractivity contribution in [2.45, 2.75) is 26.8 Å². The smallest absolute Gasteiger partial charge is 0.119 e. The van der Waals surface area contributed by atoms with Crippen LogP contribution in [0.25, 0.3) is 0 Å². The van der Waals surface area contributed by atoms with Crippen molar-refractivity contribution < 1.29 is 4.74 Å². The van der Waals surface area contributed by atoms with E-state index in [1.807, 2.05) is 32.9 Å². The molecule has 0 aliphatic carbocycles. The van der Waals surface area contributed by atoms with Crippen molar-refractivity contribution in [2.24, 2.45) is 0 Å². The van der Waals surface area contributed by atoms with Gasteiger partial charge in [0, 0.05) is 0 Å². The molecule has 1 radical (unpaired) electrons. The first kappa shape index (κ1) is 10.1. The van der Waals surface area contributed by atoms with E-state index in [1.165, 1.54) is 11.1 Å². The molecule has 0 aliphatic rings. The van der Waals surface area contributed by atoms with E-state index in [4.69, 9.17) is 10.5 Å². The molecule has 0 fully saturated rings. The van der Waals surface area contributed by atoms with Crippen LogP contribution in [0.2, 0.25) is 0 Å². The average molecular weight is 178 g/mol. The molecule has 0 aromatic heterocycles. The number of aryl methyl sites for hydroxylation is 2. The Bertz CT molecular complexity index is 261. The molecule has 0 aliphatic heterocycles. The Kier molecular flexibility index (Phi) is 3.32. The third-order valence-electron chi connectivity index (χ3n) is 1.70. The minimum absolute atomic E-state index is 0.166. The summed E-state index contributed by atoms with van der Waals surface area (Å²) in [6.45, 7) is 6.37. The Morgan fingerprint density at radius 1 is 1.23 bits per heavy atom. The summed E-state index contributed by atoms with van der Waals surface area (Å²) in [4.78, 5) is 0. The number of rotatable bonds is 3. The number of ether oxygens (including phenoxy) is 1. The first-order valence-corrected chi connectivity index (χ1v) is 4.50. The van der Waals surface area contributed by atoms with Gasteiger partial charge in [-0.1, -0.05) is 6.07 Å². The fourth-order valence-corrected chi connectivity index (χ4v) is 1.24. The van der Waals surface area contributed by atoms with Gasteiger partial charge in [-0.3, -0.25) is 5.73 Å². The monoisotopic (exact) mass is 178 g/mol. The molecule has 0 saturated carbocycles. The number of nitrogens with one attached hydrogen (secondary N) is 1. The van der Waals surface area contributed by atoms with Crippen LogP contribution >= 0.6 is 0 Å². The lowest BCUT2D eigenvalue weighted by Crippen LogP contribution is -2.14. The molecule has 0 amide bonds. The van der Waals surface area contributed by atoms with Crippen LogP contribution in [0.1, 0.15) is 18.1 Å². The molecule has 0 bridgehead atoms. The van der Waals surface area contributed by atoms with Gasteiger partial charge in [-0.05, 0) is 44.0 Å². The molecule has 1 aromatic rings. The lowest BCUT2D eigenvalue weighted by Gasteiger charge is -2.09. The Morgan fingerprint density at radius 3 is 2.23 bits per heavy atom. The maximum Gasteiger partial charge on any atom is 0.119 e. The first-order chi connectivity index (χ1) is 6.08. The second-order valence-corrected chi connectivity index (χ2v) is 3.54. The molecular weight excluding hydrogens is 162 g/mol. The summed E-state index contributed by atoms with van der Waals surface area (Å²) >= 11 is 0. The van der Waals surface area contributed by atoms with E-state index in [0.29, 0.717) is 6.61 Å². The highest BCUT2D eigenvalue weighted by Crippen LogP contribution is 2.16. The van der Waals surface area contributed by atoms with Crippen molar-refractivity contribution in [3.8, 4) is 5.75 Å². The van der Waals surface area contributed by atoms with Crippen molar-refractivity contribution in [3.05, 3.63) is 29.3 Å². The highest BCUT2D eigenvalue weighted by Gasteiger charge is 1.99. The van der Waals surface area contributed by atoms with Gasteiger partial charge in [0.15, 0.2) is 0 Å². The highest BCUT2D eigenvalue weighted by molar-refractivity contribution is 5.32. The molecule has 1 aromatic carbocycles. The van der Waals surface area contributed by atoms with E-state index >= 15 is 0 Å². The number of benzene rings is 1. The van der Waals surface area contributed by atoms with Crippen LogP contribution in [0, 0.1) is 13.8 Å². The summed E-state index contributed by atoms with van der Waals surface area (Å²) in [6.07, 6.45) is 0. The normalized spacial score (nSPS) is 12.6. The van der Waals surface area contributed by atoms with E-state index in [2.05, 4.69) is 6.07 Å². The molecule has 2 nitrogen and oxygen atoms in total. The number of hydrogen-bond donors (Lipinski definition) is 0. The van der Waals surface area contributed by atoms with Gasteiger partial charge in [0.2, 0.25) is 0 Å². The van der Waals surface area contributed by atoms with Gasteiger partial charge in [-0.15, -0.1) is 0 Å². The van der Waals surface area contributed by atoms with Crippen LogP contribution in [-0.2, 0) is 0 Å². The Labute approximate surface area is 79.7 Å². The molecule has 2 heteroatoms. The minimum Gasteiger partial charge on any atom is -0.492 e. The van der Waals surface area contributed by atoms with Crippen molar-refractivity contribution >= 4 is 0 Å². The molecule has 0 saturated heterocycles. The van der Waals surface area contributed by atoms with Crippen molar-refractivity contribution in [1.82, 2.24) is 5.73 Å². The summed E-state index contributed by atoms with van der Waals surface area (Å²) in [5, 5.41) is 0.